The number of benzene rings is 2. The maximum Gasteiger partial charge on any atom is 0.211 e. The van der Waals surface area contributed by atoms with Crippen LogP contribution in [0.15, 0.2) is 54.6 Å². The van der Waals surface area contributed by atoms with Crippen molar-refractivity contribution < 1.29 is 4.79 Å². The lowest BCUT2D eigenvalue weighted by Gasteiger charge is -2.15. The lowest BCUT2D eigenvalue weighted by atomic mass is 10.0. The van der Waals surface area contributed by atoms with Gasteiger partial charge < -0.3 is 10.6 Å². The molecule has 0 fully saturated rings. The number of rotatable bonds is 10. The van der Waals surface area contributed by atoms with Gasteiger partial charge in [0.05, 0.1) is 0 Å². The van der Waals surface area contributed by atoms with Gasteiger partial charge in [0.1, 0.15) is 0 Å². The minimum atomic E-state index is 0.468. The fourth-order valence-electron chi connectivity index (χ4n) is 2.70. The van der Waals surface area contributed by atoms with Crippen LogP contribution in [0.4, 0.5) is 5.69 Å². The third kappa shape index (κ3) is 6.25. The third-order valence-electron chi connectivity index (χ3n) is 4.06. The number of para-hydroxylation sites is 1. The van der Waals surface area contributed by atoms with Gasteiger partial charge in [0.15, 0.2) is 0 Å². The summed E-state index contributed by atoms with van der Waals surface area (Å²) in [5.41, 5.74) is 3.51. The zero-order chi connectivity index (χ0) is 16.3. The number of amides is 1. The van der Waals surface area contributed by atoms with Gasteiger partial charge in [-0.2, -0.15) is 0 Å². The quantitative estimate of drug-likeness (QED) is 0.518. The van der Waals surface area contributed by atoms with E-state index >= 15 is 0 Å². The van der Waals surface area contributed by atoms with Gasteiger partial charge >= 0.3 is 0 Å². The van der Waals surface area contributed by atoms with E-state index in [0.29, 0.717) is 6.04 Å². The average molecular weight is 310 g/mol. The highest BCUT2D eigenvalue weighted by molar-refractivity contribution is 5.73. The van der Waals surface area contributed by atoms with E-state index in [0.717, 1.165) is 44.3 Å². The van der Waals surface area contributed by atoms with Crippen molar-refractivity contribution in [1.29, 1.82) is 0 Å². The van der Waals surface area contributed by atoms with Gasteiger partial charge in [0, 0.05) is 11.7 Å². The molecule has 2 aromatic rings. The van der Waals surface area contributed by atoms with Crippen LogP contribution in [-0.4, -0.2) is 19.0 Å². The minimum absolute atomic E-state index is 0.468. The van der Waals surface area contributed by atoms with E-state index in [9.17, 15) is 4.79 Å². The van der Waals surface area contributed by atoms with E-state index in [-0.39, 0.29) is 0 Å². The molecular formula is C20H26N2O. The number of hydrogen-bond donors (Lipinski definition) is 2. The molecule has 1 unspecified atom stereocenters. The maximum atomic E-state index is 10.6. The molecule has 0 saturated carbocycles. The van der Waals surface area contributed by atoms with Crippen molar-refractivity contribution in [2.24, 2.45) is 0 Å². The van der Waals surface area contributed by atoms with Gasteiger partial charge in [-0.1, -0.05) is 48.5 Å². The van der Waals surface area contributed by atoms with E-state index < -0.39 is 0 Å². The van der Waals surface area contributed by atoms with Gasteiger partial charge in [-0.15, -0.1) is 0 Å². The van der Waals surface area contributed by atoms with Crippen LogP contribution in [0.3, 0.4) is 0 Å². The van der Waals surface area contributed by atoms with Crippen LogP contribution >= 0.6 is 0 Å². The first-order valence-corrected chi connectivity index (χ1v) is 8.35. The van der Waals surface area contributed by atoms with E-state index in [1.54, 1.807) is 0 Å². The predicted octanol–water partition coefficient (Wildman–Crippen LogP) is 3.80. The molecule has 0 aliphatic carbocycles. The molecule has 2 aromatic carbocycles. The van der Waals surface area contributed by atoms with Crippen LogP contribution in [0.2, 0.25) is 0 Å². The summed E-state index contributed by atoms with van der Waals surface area (Å²) in [4.78, 5) is 10.6. The molecule has 1 atom stereocenters. The lowest BCUT2D eigenvalue weighted by Crippen LogP contribution is -2.27. The monoisotopic (exact) mass is 310 g/mol. The second-order valence-corrected chi connectivity index (χ2v) is 5.90. The SMILES string of the molecule is CC(CCc1ccccc1NC=O)NCCCc1ccccc1. The van der Waals surface area contributed by atoms with Crippen molar-refractivity contribution in [3.8, 4) is 0 Å². The van der Waals surface area contributed by atoms with E-state index in [1.165, 1.54) is 11.1 Å². The highest BCUT2D eigenvalue weighted by atomic mass is 16.1. The van der Waals surface area contributed by atoms with Crippen LogP contribution < -0.4 is 10.6 Å². The van der Waals surface area contributed by atoms with Crippen LogP contribution in [0.5, 0.6) is 0 Å². The summed E-state index contributed by atoms with van der Waals surface area (Å²) in [6, 6.07) is 19.1. The molecule has 2 rings (SSSR count). The number of hydrogen-bond acceptors (Lipinski definition) is 2. The van der Waals surface area contributed by atoms with E-state index in [1.807, 2.05) is 18.2 Å². The molecule has 0 radical (unpaired) electrons. The van der Waals surface area contributed by atoms with E-state index in [2.05, 4.69) is 54.0 Å². The van der Waals surface area contributed by atoms with Gasteiger partial charge in [-0.3, -0.25) is 4.79 Å². The average Bonchev–Trinajstić information content (AvgIpc) is 2.59. The van der Waals surface area contributed by atoms with Crippen molar-refractivity contribution >= 4 is 12.1 Å². The zero-order valence-electron chi connectivity index (χ0n) is 13.8. The molecule has 2 N–H and O–H groups in total. The van der Waals surface area contributed by atoms with Crippen molar-refractivity contribution in [1.82, 2.24) is 5.32 Å². The Morgan fingerprint density at radius 2 is 1.74 bits per heavy atom. The largest absolute Gasteiger partial charge is 0.328 e. The van der Waals surface area contributed by atoms with Crippen molar-refractivity contribution in [3.05, 3.63) is 65.7 Å². The third-order valence-corrected chi connectivity index (χ3v) is 4.06. The number of carbonyl (C=O) groups excluding carboxylic acids is 1. The van der Waals surface area contributed by atoms with Gasteiger partial charge in [-0.05, 0) is 56.3 Å². The van der Waals surface area contributed by atoms with Crippen LogP contribution in [-0.2, 0) is 17.6 Å². The summed E-state index contributed by atoms with van der Waals surface area (Å²) in [6.45, 7) is 3.25. The Balaban J connectivity index is 1.67. The summed E-state index contributed by atoms with van der Waals surface area (Å²) < 4.78 is 0. The molecule has 23 heavy (non-hydrogen) atoms. The van der Waals surface area contributed by atoms with Crippen molar-refractivity contribution in [2.45, 2.75) is 38.6 Å². The molecule has 0 aromatic heterocycles. The second kappa shape index (κ2) is 9.80. The topological polar surface area (TPSA) is 41.1 Å². The van der Waals surface area contributed by atoms with Crippen molar-refractivity contribution in [3.63, 3.8) is 0 Å². The summed E-state index contributed by atoms with van der Waals surface area (Å²) in [7, 11) is 0. The first-order valence-electron chi connectivity index (χ1n) is 8.35. The number of anilines is 1. The summed E-state index contributed by atoms with van der Waals surface area (Å²) in [6.07, 6.45) is 5.03. The molecule has 122 valence electrons. The molecule has 0 aliphatic rings. The van der Waals surface area contributed by atoms with E-state index in [4.69, 9.17) is 0 Å². The normalized spacial score (nSPS) is 11.9. The van der Waals surface area contributed by atoms with Gasteiger partial charge in [-0.25, -0.2) is 0 Å². The molecule has 0 aliphatic heterocycles. The van der Waals surface area contributed by atoms with Gasteiger partial charge in [0.25, 0.3) is 0 Å². The maximum absolute atomic E-state index is 10.6. The van der Waals surface area contributed by atoms with Crippen LogP contribution in [0, 0.1) is 0 Å². The molecule has 3 nitrogen and oxygen atoms in total. The molecule has 0 bridgehead atoms. The Labute approximate surface area is 139 Å². The fourth-order valence-corrected chi connectivity index (χ4v) is 2.70. The molecule has 0 spiro atoms. The number of nitrogens with one attached hydrogen (secondary N) is 2. The molecule has 0 heterocycles. The molecular weight excluding hydrogens is 284 g/mol. The Bertz CT molecular complexity index is 583. The molecule has 1 amide bonds. The predicted molar refractivity (Wildman–Crippen MR) is 96.7 cm³/mol. The highest BCUT2D eigenvalue weighted by Gasteiger charge is 2.05. The first kappa shape index (κ1) is 17.2. The molecule has 3 heteroatoms. The summed E-state index contributed by atoms with van der Waals surface area (Å²) in [5.74, 6) is 0. The zero-order valence-corrected chi connectivity index (χ0v) is 13.8. The summed E-state index contributed by atoms with van der Waals surface area (Å²) >= 11 is 0. The van der Waals surface area contributed by atoms with Crippen LogP contribution in [0.25, 0.3) is 0 Å². The van der Waals surface area contributed by atoms with Crippen LogP contribution in [0.1, 0.15) is 30.9 Å². The Kier molecular flexibility index (Phi) is 7.34. The van der Waals surface area contributed by atoms with Gasteiger partial charge in [0.2, 0.25) is 6.41 Å². The lowest BCUT2D eigenvalue weighted by molar-refractivity contribution is -0.105. The number of carbonyl (C=O) groups is 1. The summed E-state index contributed by atoms with van der Waals surface area (Å²) in [5, 5.41) is 6.35. The van der Waals surface area contributed by atoms with Crippen molar-refractivity contribution in [2.75, 3.05) is 11.9 Å². The molecule has 0 saturated heterocycles. The Morgan fingerprint density at radius 3 is 2.52 bits per heavy atom. The smallest absolute Gasteiger partial charge is 0.211 e. The first-order chi connectivity index (χ1) is 11.3. The standard InChI is InChI=1S/C20H26N2O/c1-17(21-15-7-10-18-8-3-2-4-9-18)13-14-19-11-5-6-12-20(19)22-16-23/h2-6,8-9,11-12,16-17,21H,7,10,13-15H2,1H3,(H,22,23). The Hall–Kier alpha value is -2.13. The Morgan fingerprint density at radius 1 is 1.00 bits per heavy atom. The fraction of sp³-hybridized carbons (Fsp3) is 0.350. The minimum Gasteiger partial charge on any atom is -0.328 e. The number of aryl methyl sites for hydroxylation is 2. The highest BCUT2D eigenvalue weighted by Crippen LogP contribution is 2.16. The second-order valence-electron chi connectivity index (χ2n) is 5.90.